The molecule has 0 fully saturated rings. The van der Waals surface area contributed by atoms with E-state index in [9.17, 15) is 0 Å². The Morgan fingerprint density at radius 2 is 1.52 bits per heavy atom. The molecule has 0 aromatic carbocycles. The van der Waals surface area contributed by atoms with Crippen molar-refractivity contribution in [3.8, 4) is 0 Å². The zero-order valence-electron chi connectivity index (χ0n) is 16.7. The number of pyridine rings is 1. The number of H-pyrrole nitrogens is 1. The molecule has 0 amide bonds. The standard InChI is InChI=1S/C11H19BNO.C6H16N2.Li/c1-4-12(5-2,14-3)10-11-8-6-7-9-13-11;1-7(2)5-6-8(3)4;/h6-9H,4-5,10H2,1-3H3;5-6H2,1-4H3;/q-1;;+1/p+1. The molecule has 0 spiro atoms. The van der Waals surface area contributed by atoms with Crippen molar-refractivity contribution < 1.29 is 28.5 Å². The van der Waals surface area contributed by atoms with Crippen LogP contribution >= 0.6 is 0 Å². The third-order valence-corrected chi connectivity index (χ3v) is 4.35. The summed E-state index contributed by atoms with van der Waals surface area (Å²) in [6.07, 6.45) is 4.53. The quantitative estimate of drug-likeness (QED) is 0.596. The minimum absolute atomic E-state index is 0. The van der Waals surface area contributed by atoms with Crippen molar-refractivity contribution in [3.63, 3.8) is 0 Å². The molecule has 0 bridgehead atoms. The number of likely N-dealkylation sites (N-methyl/N-ethyl adjacent to an activating group) is 2. The summed E-state index contributed by atoms with van der Waals surface area (Å²) in [4.78, 5) is 7.62. The maximum absolute atomic E-state index is 5.68. The molecule has 0 atom stereocenters. The molecule has 128 valence electrons. The zero-order valence-corrected chi connectivity index (χ0v) is 16.7. The van der Waals surface area contributed by atoms with Crippen molar-refractivity contribution in [2.75, 3.05) is 48.4 Å². The summed E-state index contributed by atoms with van der Waals surface area (Å²) in [6, 6.07) is 6.19. The van der Waals surface area contributed by atoms with Gasteiger partial charge in [0.25, 0.3) is 0 Å². The van der Waals surface area contributed by atoms with Crippen molar-refractivity contribution in [1.29, 1.82) is 0 Å². The molecule has 1 aromatic heterocycles. The number of nitrogens with zero attached hydrogens (tertiary/aromatic N) is 2. The monoisotopic (exact) mass is 316 g/mol. The smallest absolute Gasteiger partial charge is 0.592 e. The second kappa shape index (κ2) is 14.1. The molecular weight excluding hydrogens is 280 g/mol. The van der Waals surface area contributed by atoms with Crippen molar-refractivity contribution in [3.05, 3.63) is 30.1 Å². The minimum atomic E-state index is -0.671. The number of hydrogen-bond donors (Lipinski definition) is 0. The first-order chi connectivity index (χ1) is 10.4. The van der Waals surface area contributed by atoms with Crippen LogP contribution in [0.3, 0.4) is 0 Å². The van der Waals surface area contributed by atoms with E-state index in [1.54, 1.807) is 0 Å². The van der Waals surface area contributed by atoms with E-state index in [0.717, 1.165) is 32.1 Å². The van der Waals surface area contributed by atoms with Crippen LogP contribution in [0, 0.1) is 0 Å². The second-order valence-corrected chi connectivity index (χ2v) is 6.62. The van der Waals surface area contributed by atoms with E-state index in [2.05, 4.69) is 69.0 Å². The maximum Gasteiger partial charge on any atom is 1.00 e. The van der Waals surface area contributed by atoms with E-state index >= 15 is 0 Å². The third-order valence-electron chi connectivity index (χ3n) is 4.35. The van der Waals surface area contributed by atoms with Crippen LogP contribution in [-0.4, -0.2) is 64.5 Å². The Labute approximate surface area is 156 Å². The second-order valence-electron chi connectivity index (χ2n) is 6.62. The molecule has 1 aromatic rings. The van der Waals surface area contributed by atoms with Gasteiger partial charge in [-0.15, -0.1) is 0 Å². The molecule has 6 heteroatoms. The number of nitrogens with one attached hydrogen (secondary N) is 1. The summed E-state index contributed by atoms with van der Waals surface area (Å²) in [7, 11) is 10.2. The third kappa shape index (κ3) is 11.8. The Morgan fingerprint density at radius 3 is 1.83 bits per heavy atom. The van der Waals surface area contributed by atoms with Crippen molar-refractivity contribution in [1.82, 2.24) is 9.80 Å². The van der Waals surface area contributed by atoms with E-state index in [1.165, 1.54) is 5.69 Å². The van der Waals surface area contributed by atoms with Crippen LogP contribution in [0.25, 0.3) is 0 Å². The molecule has 0 saturated carbocycles. The van der Waals surface area contributed by atoms with Gasteiger partial charge < -0.3 is 14.5 Å². The van der Waals surface area contributed by atoms with Gasteiger partial charge in [-0.25, -0.2) is 4.98 Å². The Morgan fingerprint density at radius 1 is 1.00 bits per heavy atom. The summed E-state index contributed by atoms with van der Waals surface area (Å²) < 4.78 is 5.68. The average Bonchev–Trinajstić information content (AvgIpc) is 2.52. The molecule has 0 saturated heterocycles. The predicted molar refractivity (Wildman–Crippen MR) is 97.5 cm³/mol. The van der Waals surface area contributed by atoms with Gasteiger partial charge in [-0.2, -0.15) is 12.6 Å². The van der Waals surface area contributed by atoms with Gasteiger partial charge in [0.2, 0.25) is 0 Å². The van der Waals surface area contributed by atoms with Gasteiger partial charge in [-0.05, 0) is 35.3 Å². The molecular formula is C17H36BLiN3O+. The summed E-state index contributed by atoms with van der Waals surface area (Å²) in [5.41, 5.74) is 1.26. The summed E-state index contributed by atoms with van der Waals surface area (Å²) in [6.45, 7) is 6.70. The Balaban J connectivity index is 0. The van der Waals surface area contributed by atoms with Crippen molar-refractivity contribution >= 4 is 6.35 Å². The summed E-state index contributed by atoms with van der Waals surface area (Å²) >= 11 is 0. The normalized spacial score (nSPS) is 11.0. The molecule has 0 aliphatic heterocycles. The van der Waals surface area contributed by atoms with Gasteiger partial charge in [0, 0.05) is 25.2 Å². The van der Waals surface area contributed by atoms with Crippen LogP contribution in [0.15, 0.2) is 24.4 Å². The topological polar surface area (TPSA) is 29.9 Å². The first-order valence-electron chi connectivity index (χ1n) is 8.39. The van der Waals surface area contributed by atoms with Gasteiger partial charge in [-0.1, -0.05) is 26.2 Å². The molecule has 1 heterocycles. The summed E-state index contributed by atoms with van der Waals surface area (Å²) in [5, 5.41) is 0. The van der Waals surface area contributed by atoms with Gasteiger partial charge in [0.05, 0.1) is 0 Å². The number of aromatic nitrogens is 1. The first-order valence-corrected chi connectivity index (χ1v) is 8.39. The molecule has 1 rings (SSSR count). The molecule has 4 nitrogen and oxygen atoms in total. The van der Waals surface area contributed by atoms with E-state index in [0.29, 0.717) is 0 Å². The molecule has 0 unspecified atom stereocenters. The molecule has 0 aliphatic rings. The number of hydrogen-bond acceptors (Lipinski definition) is 3. The van der Waals surface area contributed by atoms with Crippen LogP contribution in [0.2, 0.25) is 12.6 Å². The maximum atomic E-state index is 5.68. The van der Waals surface area contributed by atoms with Crippen molar-refractivity contribution in [2.24, 2.45) is 0 Å². The van der Waals surface area contributed by atoms with Gasteiger partial charge in [0.1, 0.15) is 12.0 Å². The minimum Gasteiger partial charge on any atom is -0.592 e. The Bertz CT molecular complexity index is 357. The molecule has 0 radical (unpaired) electrons. The molecule has 1 N–H and O–H groups in total. The fourth-order valence-electron chi connectivity index (χ4n) is 2.35. The van der Waals surface area contributed by atoms with E-state index in [4.69, 9.17) is 4.65 Å². The van der Waals surface area contributed by atoms with E-state index in [-0.39, 0.29) is 18.9 Å². The molecule has 23 heavy (non-hydrogen) atoms. The zero-order chi connectivity index (χ0) is 17.0. The Hall–Kier alpha value is -0.308. The fraction of sp³-hybridized carbons (Fsp3) is 0.706. The van der Waals surface area contributed by atoms with E-state index in [1.807, 2.05) is 19.4 Å². The van der Waals surface area contributed by atoms with Crippen molar-refractivity contribution in [2.45, 2.75) is 32.8 Å². The molecule has 0 aliphatic carbocycles. The van der Waals surface area contributed by atoms with Crippen LogP contribution in [0.5, 0.6) is 0 Å². The van der Waals surface area contributed by atoms with Crippen LogP contribution in [0.1, 0.15) is 19.5 Å². The predicted octanol–water partition coefficient (Wildman–Crippen LogP) is -0.672. The number of rotatable bonds is 8. The van der Waals surface area contributed by atoms with Crippen LogP contribution < -0.4 is 23.8 Å². The van der Waals surface area contributed by atoms with Crippen LogP contribution in [0.4, 0.5) is 0 Å². The van der Waals surface area contributed by atoms with E-state index < -0.39 is 6.35 Å². The number of aromatic amines is 1. The van der Waals surface area contributed by atoms with Gasteiger partial charge >= 0.3 is 18.9 Å². The fourth-order valence-corrected chi connectivity index (χ4v) is 2.35. The Kier molecular flexibility index (Phi) is 15.3. The van der Waals surface area contributed by atoms with Crippen LogP contribution in [-0.2, 0) is 11.0 Å². The summed E-state index contributed by atoms with van der Waals surface area (Å²) in [5.74, 6) is 0. The average molecular weight is 316 g/mol. The van der Waals surface area contributed by atoms with Gasteiger partial charge in [-0.3, -0.25) is 0 Å². The van der Waals surface area contributed by atoms with Gasteiger partial charge in [0.15, 0.2) is 6.20 Å². The first kappa shape index (κ1) is 24.9. The largest absolute Gasteiger partial charge is 1.00 e. The SMILES string of the molecule is CC[B-](CC)(Cc1cccc[nH+]1)OC.CN(C)CCN(C)C.[Li+].